The van der Waals surface area contributed by atoms with E-state index in [9.17, 15) is 4.79 Å². The Morgan fingerprint density at radius 3 is 2.35 bits per heavy atom. The van der Waals surface area contributed by atoms with Crippen molar-refractivity contribution in [2.75, 3.05) is 4.90 Å². The van der Waals surface area contributed by atoms with Crippen LogP contribution in [0.2, 0.25) is 0 Å². The standard InChI is InChI=1S/C13H9NO2.Y/c15-10-14(11-4-2-1-3-5-11)12-6-8-13(16)9-7-12;/h1-4,6-9,16H;/q-2;. The topological polar surface area (TPSA) is 40.5 Å². The first-order chi connectivity index (χ1) is 7.81. The molecule has 0 bridgehead atoms. The van der Waals surface area contributed by atoms with E-state index in [1.165, 1.54) is 17.0 Å². The van der Waals surface area contributed by atoms with Gasteiger partial charge in [0.25, 0.3) is 0 Å². The monoisotopic (exact) mass is 300 g/mol. The van der Waals surface area contributed by atoms with E-state index < -0.39 is 0 Å². The van der Waals surface area contributed by atoms with E-state index in [1.807, 2.05) is 18.5 Å². The van der Waals surface area contributed by atoms with E-state index in [2.05, 4.69) is 6.07 Å². The van der Waals surface area contributed by atoms with Crippen LogP contribution < -0.4 is 4.90 Å². The van der Waals surface area contributed by atoms with Gasteiger partial charge in [0.1, 0.15) is 12.2 Å². The Hall–Kier alpha value is -1.19. The second-order valence-electron chi connectivity index (χ2n) is 3.19. The predicted molar refractivity (Wildman–Crippen MR) is 61.2 cm³/mol. The van der Waals surface area contributed by atoms with Gasteiger partial charge in [0.05, 0.1) is 0 Å². The molecule has 0 aliphatic carbocycles. The molecule has 0 spiro atoms. The van der Waals surface area contributed by atoms with Gasteiger partial charge in [0.15, 0.2) is 0 Å². The molecule has 4 heteroatoms. The molecule has 17 heavy (non-hydrogen) atoms. The number of rotatable bonds is 3. The second-order valence-corrected chi connectivity index (χ2v) is 3.19. The summed E-state index contributed by atoms with van der Waals surface area (Å²) in [7, 11) is 0. The largest absolute Gasteiger partial charge is 0.508 e. The SMILES string of the molecule is O=[C-]N(c1[c-]cccc1)c1ccc(O)cc1.[Y]. The van der Waals surface area contributed by atoms with E-state index in [0.29, 0.717) is 11.4 Å². The molecular formula is C13H9NO2Y-2. The molecule has 1 amide bonds. The molecule has 2 aromatic rings. The maximum atomic E-state index is 10.9. The number of hydrogen-bond donors (Lipinski definition) is 1. The molecular weight excluding hydrogens is 291 g/mol. The fourth-order valence-corrected chi connectivity index (χ4v) is 1.37. The van der Waals surface area contributed by atoms with E-state index >= 15 is 0 Å². The number of benzene rings is 2. The number of aromatic hydroxyl groups is 1. The summed E-state index contributed by atoms with van der Waals surface area (Å²) in [5.41, 5.74) is 1.25. The van der Waals surface area contributed by atoms with Crippen molar-refractivity contribution in [3.05, 3.63) is 54.6 Å². The van der Waals surface area contributed by atoms with Gasteiger partial charge in [-0.25, -0.2) is 12.1 Å². The number of hydrogen-bond acceptors (Lipinski definition) is 2. The molecule has 1 radical (unpaired) electrons. The van der Waals surface area contributed by atoms with Crippen LogP contribution in [0.25, 0.3) is 0 Å². The molecule has 2 rings (SSSR count). The van der Waals surface area contributed by atoms with Gasteiger partial charge in [-0.05, 0) is 12.1 Å². The van der Waals surface area contributed by atoms with Crippen molar-refractivity contribution >= 4 is 17.8 Å². The number of para-hydroxylation sites is 1. The van der Waals surface area contributed by atoms with Gasteiger partial charge in [-0.15, -0.1) is 0 Å². The summed E-state index contributed by atoms with van der Waals surface area (Å²) in [4.78, 5) is 12.2. The van der Waals surface area contributed by atoms with Gasteiger partial charge in [-0.3, -0.25) is 0 Å². The Bertz CT molecular complexity index is 471. The quantitative estimate of drug-likeness (QED) is 0.698. The van der Waals surface area contributed by atoms with Crippen LogP contribution in [0.3, 0.4) is 0 Å². The Labute approximate surface area is 125 Å². The molecule has 0 heterocycles. The zero-order valence-corrected chi connectivity index (χ0v) is 11.8. The second kappa shape index (κ2) is 6.53. The van der Waals surface area contributed by atoms with Crippen molar-refractivity contribution in [2.45, 2.75) is 0 Å². The Balaban J connectivity index is 0.00000144. The molecule has 0 saturated heterocycles. The van der Waals surface area contributed by atoms with Crippen LogP contribution >= 0.6 is 0 Å². The van der Waals surface area contributed by atoms with Crippen LogP contribution in [-0.4, -0.2) is 11.5 Å². The van der Waals surface area contributed by atoms with Crippen LogP contribution in [0.5, 0.6) is 5.75 Å². The minimum atomic E-state index is 0. The summed E-state index contributed by atoms with van der Waals surface area (Å²) in [6, 6.07) is 16.4. The number of nitrogens with zero attached hydrogens (tertiary/aromatic N) is 1. The summed E-state index contributed by atoms with van der Waals surface area (Å²) < 4.78 is 0. The third-order valence-electron chi connectivity index (χ3n) is 2.13. The van der Waals surface area contributed by atoms with Gasteiger partial charge < -0.3 is 14.8 Å². The molecule has 0 fully saturated rings. The predicted octanol–water partition coefficient (Wildman–Crippen LogP) is 2.40. The van der Waals surface area contributed by atoms with E-state index in [1.54, 1.807) is 24.3 Å². The third-order valence-corrected chi connectivity index (χ3v) is 2.13. The van der Waals surface area contributed by atoms with Crippen LogP contribution in [0.15, 0.2) is 48.5 Å². The average Bonchev–Trinajstić information content (AvgIpc) is 2.34. The summed E-state index contributed by atoms with van der Waals surface area (Å²) in [5, 5.41) is 9.16. The normalized spacial score (nSPS) is 9.18. The molecule has 3 nitrogen and oxygen atoms in total. The Morgan fingerprint density at radius 2 is 1.82 bits per heavy atom. The number of phenols is 1. The number of carbonyl (C=O) groups excluding carboxylic acids is 1. The maximum Gasteiger partial charge on any atom is 0.147 e. The summed E-state index contributed by atoms with van der Waals surface area (Å²) in [5.74, 6) is 0.159. The smallest absolute Gasteiger partial charge is 0.147 e. The van der Waals surface area contributed by atoms with E-state index in [4.69, 9.17) is 5.11 Å². The molecule has 0 aliphatic heterocycles. The minimum absolute atomic E-state index is 0. The summed E-state index contributed by atoms with van der Waals surface area (Å²) in [6.45, 7) is 0. The summed E-state index contributed by atoms with van der Waals surface area (Å²) >= 11 is 0. The van der Waals surface area contributed by atoms with Gasteiger partial charge in [-0.1, -0.05) is 17.8 Å². The van der Waals surface area contributed by atoms with Gasteiger partial charge in [-0.2, -0.15) is 23.9 Å². The van der Waals surface area contributed by atoms with Crippen molar-refractivity contribution < 1.29 is 42.6 Å². The van der Waals surface area contributed by atoms with Crippen molar-refractivity contribution in [2.24, 2.45) is 0 Å². The van der Waals surface area contributed by atoms with Crippen LogP contribution in [0.1, 0.15) is 0 Å². The first kappa shape index (κ1) is 13.9. The zero-order chi connectivity index (χ0) is 11.4. The Morgan fingerprint density at radius 1 is 1.12 bits per heavy atom. The molecule has 1 N–H and O–H groups in total. The van der Waals surface area contributed by atoms with Crippen molar-refractivity contribution in [1.29, 1.82) is 0 Å². The molecule has 83 valence electrons. The number of anilines is 2. The fraction of sp³-hybridized carbons (Fsp3) is 0. The third kappa shape index (κ3) is 3.38. The van der Waals surface area contributed by atoms with Crippen molar-refractivity contribution in [1.82, 2.24) is 0 Å². The van der Waals surface area contributed by atoms with Gasteiger partial charge in [0.2, 0.25) is 0 Å². The first-order valence-electron chi connectivity index (χ1n) is 4.75. The molecule has 0 aliphatic rings. The van der Waals surface area contributed by atoms with Crippen LogP contribution in [-0.2, 0) is 37.5 Å². The van der Waals surface area contributed by atoms with E-state index in [0.717, 1.165) is 0 Å². The van der Waals surface area contributed by atoms with E-state index in [-0.39, 0.29) is 38.5 Å². The summed E-state index contributed by atoms with van der Waals surface area (Å²) in [6.07, 6.45) is 1.82. The van der Waals surface area contributed by atoms with Gasteiger partial charge >= 0.3 is 0 Å². The minimum Gasteiger partial charge on any atom is -0.508 e. The van der Waals surface area contributed by atoms with Gasteiger partial charge in [0, 0.05) is 32.7 Å². The number of phenolic OH excluding ortho intramolecular Hbond substituents is 1. The Kier molecular flexibility index (Phi) is 5.33. The van der Waals surface area contributed by atoms with Crippen molar-refractivity contribution in [3.63, 3.8) is 0 Å². The van der Waals surface area contributed by atoms with Crippen molar-refractivity contribution in [3.8, 4) is 5.75 Å². The number of amides is 1. The molecule has 0 saturated carbocycles. The molecule has 2 aromatic carbocycles. The van der Waals surface area contributed by atoms with Crippen LogP contribution in [0, 0.1) is 6.07 Å². The average molecular weight is 300 g/mol. The first-order valence-corrected chi connectivity index (χ1v) is 4.75. The maximum absolute atomic E-state index is 10.9. The van der Waals surface area contributed by atoms with Crippen LogP contribution in [0.4, 0.5) is 11.4 Å². The fourth-order valence-electron chi connectivity index (χ4n) is 1.37. The molecule has 0 aromatic heterocycles. The molecule has 0 atom stereocenters. The zero-order valence-electron chi connectivity index (χ0n) is 9.00. The molecule has 0 unspecified atom stereocenters.